The highest BCUT2D eigenvalue weighted by atomic mass is 79.9. The van der Waals surface area contributed by atoms with Crippen LogP contribution in [0.1, 0.15) is 16.9 Å². The minimum atomic E-state index is -0.535. The second kappa shape index (κ2) is 8.57. The van der Waals surface area contributed by atoms with Crippen molar-refractivity contribution >= 4 is 61.4 Å². The summed E-state index contributed by atoms with van der Waals surface area (Å²) in [6.45, 7) is 0.387. The molecule has 0 atom stereocenters. The summed E-state index contributed by atoms with van der Waals surface area (Å²) >= 11 is 12.9. The van der Waals surface area contributed by atoms with Crippen LogP contribution in [0.2, 0.25) is 5.02 Å². The van der Waals surface area contributed by atoms with E-state index in [0.717, 1.165) is 20.1 Å². The number of aliphatic imine (C=N–C) groups is 1. The van der Waals surface area contributed by atoms with Crippen LogP contribution in [0.15, 0.2) is 78.8 Å². The lowest BCUT2D eigenvalue weighted by atomic mass is 10.2. The highest BCUT2D eigenvalue weighted by Gasteiger charge is 2.26. The van der Waals surface area contributed by atoms with Crippen molar-refractivity contribution in [1.82, 2.24) is 0 Å². The summed E-state index contributed by atoms with van der Waals surface area (Å²) in [5.41, 5.74) is 1.93. The summed E-state index contributed by atoms with van der Waals surface area (Å²) in [6.07, 6.45) is 3.13. The number of furan rings is 1. The van der Waals surface area contributed by atoms with Crippen molar-refractivity contribution in [1.29, 1.82) is 0 Å². The molecule has 0 radical (unpaired) electrons. The normalized spacial score (nSPS) is 14.8. The molecule has 1 aliphatic heterocycles. The number of cyclic esters (lactones) is 1. The van der Waals surface area contributed by atoms with Gasteiger partial charge in [-0.25, -0.2) is 9.79 Å². The van der Waals surface area contributed by atoms with Crippen molar-refractivity contribution in [3.63, 3.8) is 0 Å². The molecule has 0 saturated carbocycles. The molecule has 0 aliphatic carbocycles. The van der Waals surface area contributed by atoms with Crippen LogP contribution in [-0.4, -0.2) is 11.9 Å². The lowest BCUT2D eigenvalue weighted by Crippen LogP contribution is -2.04. The van der Waals surface area contributed by atoms with E-state index in [1.165, 1.54) is 6.26 Å². The molecule has 3 aromatic rings. The first-order valence-electron chi connectivity index (χ1n) is 8.42. The first-order chi connectivity index (χ1) is 14.0. The molecule has 0 spiro atoms. The molecule has 1 aromatic heterocycles. The van der Waals surface area contributed by atoms with Gasteiger partial charge in [0.1, 0.15) is 12.4 Å². The van der Waals surface area contributed by atoms with Gasteiger partial charge in [0, 0.05) is 5.02 Å². The smallest absolute Gasteiger partial charge is 0.363 e. The van der Waals surface area contributed by atoms with Crippen molar-refractivity contribution in [2.75, 3.05) is 0 Å². The Morgan fingerprint density at radius 2 is 1.83 bits per heavy atom. The zero-order chi connectivity index (χ0) is 20.4. The zero-order valence-corrected chi connectivity index (χ0v) is 18.6. The van der Waals surface area contributed by atoms with E-state index in [9.17, 15) is 4.79 Å². The third-order valence-corrected chi connectivity index (χ3v) is 5.40. The van der Waals surface area contributed by atoms with Gasteiger partial charge in [0.2, 0.25) is 0 Å². The van der Waals surface area contributed by atoms with Crippen LogP contribution in [0.3, 0.4) is 0 Å². The topological polar surface area (TPSA) is 61.0 Å². The number of ether oxygens (including phenoxy) is 2. The van der Waals surface area contributed by atoms with Gasteiger partial charge in [-0.2, -0.15) is 0 Å². The number of carbonyl (C=O) groups excluding carboxylic acids is 1. The third kappa shape index (κ3) is 4.63. The Balaban J connectivity index is 1.54. The van der Waals surface area contributed by atoms with Gasteiger partial charge in [-0.15, -0.1) is 0 Å². The summed E-state index contributed by atoms with van der Waals surface area (Å²) in [5.74, 6) is 0.657. The van der Waals surface area contributed by atoms with Gasteiger partial charge in [-0.3, -0.25) is 0 Å². The predicted molar refractivity (Wildman–Crippen MR) is 117 cm³/mol. The van der Waals surface area contributed by atoms with Crippen LogP contribution in [0.4, 0.5) is 0 Å². The summed E-state index contributed by atoms with van der Waals surface area (Å²) in [7, 11) is 0. The fraction of sp³-hybridized carbons (Fsp3) is 0.0476. The van der Waals surface area contributed by atoms with Gasteiger partial charge in [0.25, 0.3) is 5.90 Å². The lowest BCUT2D eigenvalue weighted by Gasteiger charge is -2.11. The maximum absolute atomic E-state index is 12.1. The Hall–Kier alpha value is -2.35. The van der Waals surface area contributed by atoms with E-state index < -0.39 is 5.97 Å². The van der Waals surface area contributed by atoms with Gasteiger partial charge in [0.15, 0.2) is 11.5 Å². The number of nitrogens with zero attached hydrogens (tertiary/aromatic N) is 1. The highest BCUT2D eigenvalue weighted by Crippen LogP contribution is 2.36. The summed E-state index contributed by atoms with van der Waals surface area (Å²) in [6, 6.07) is 14.5. The van der Waals surface area contributed by atoms with Crippen LogP contribution >= 0.6 is 43.5 Å². The SMILES string of the molecule is O=C1OC(c2ccco2)=N/C1=C\c1cc(Br)c(OCc2ccc(Cl)cc2)c(Br)c1. The first-order valence-corrected chi connectivity index (χ1v) is 10.4. The molecule has 146 valence electrons. The molecule has 29 heavy (non-hydrogen) atoms. The van der Waals surface area contributed by atoms with E-state index in [-0.39, 0.29) is 11.6 Å². The molecule has 0 bridgehead atoms. The summed E-state index contributed by atoms with van der Waals surface area (Å²) in [5, 5.41) is 0.678. The Bertz CT molecular complexity index is 1100. The number of esters is 1. The number of hydrogen-bond acceptors (Lipinski definition) is 5. The standard InChI is InChI=1S/C21H12Br2ClNO4/c22-15-8-13(10-17-21(26)29-20(25-17)18-2-1-7-27-18)9-16(23)19(15)28-11-12-3-5-14(24)6-4-12/h1-10H,11H2/b17-10-. The van der Waals surface area contributed by atoms with Crippen molar-refractivity contribution in [3.05, 3.63) is 91.3 Å². The average molecular weight is 538 g/mol. The average Bonchev–Trinajstić information content (AvgIpc) is 3.33. The van der Waals surface area contributed by atoms with Crippen LogP contribution in [0.5, 0.6) is 5.75 Å². The Kier molecular flexibility index (Phi) is 5.89. The Morgan fingerprint density at radius 3 is 2.48 bits per heavy atom. The molecule has 0 unspecified atom stereocenters. The minimum Gasteiger partial charge on any atom is -0.487 e. The van der Waals surface area contributed by atoms with Crippen LogP contribution in [0.25, 0.3) is 6.08 Å². The molecule has 2 heterocycles. The second-order valence-corrected chi connectivity index (χ2v) is 8.19. The molecule has 1 aliphatic rings. The van der Waals surface area contributed by atoms with E-state index in [1.807, 2.05) is 36.4 Å². The highest BCUT2D eigenvalue weighted by molar-refractivity contribution is 9.11. The molecule has 0 amide bonds. The van der Waals surface area contributed by atoms with Crippen molar-refractivity contribution < 1.29 is 18.7 Å². The Morgan fingerprint density at radius 1 is 1.10 bits per heavy atom. The molecule has 0 fully saturated rings. The molecule has 8 heteroatoms. The first kappa shape index (κ1) is 19.9. The lowest BCUT2D eigenvalue weighted by molar-refractivity contribution is -0.130. The minimum absolute atomic E-state index is 0.146. The fourth-order valence-corrected chi connectivity index (χ4v) is 4.19. The van der Waals surface area contributed by atoms with Crippen molar-refractivity contribution in [2.45, 2.75) is 6.61 Å². The Labute approximate surface area is 188 Å². The molecule has 0 N–H and O–H groups in total. The molecule has 2 aromatic carbocycles. The fourth-order valence-electron chi connectivity index (χ4n) is 2.61. The number of halogens is 3. The van der Waals surface area contributed by atoms with E-state index in [1.54, 1.807) is 18.2 Å². The van der Waals surface area contributed by atoms with Crippen molar-refractivity contribution in [3.8, 4) is 5.75 Å². The zero-order valence-electron chi connectivity index (χ0n) is 14.7. The van der Waals surface area contributed by atoms with Crippen molar-refractivity contribution in [2.24, 2.45) is 4.99 Å². The quantitative estimate of drug-likeness (QED) is 0.280. The maximum Gasteiger partial charge on any atom is 0.363 e. The molecule has 4 rings (SSSR count). The van der Waals surface area contributed by atoms with Gasteiger partial charge >= 0.3 is 5.97 Å². The summed E-state index contributed by atoms with van der Waals surface area (Å²) in [4.78, 5) is 16.3. The largest absolute Gasteiger partial charge is 0.487 e. The van der Waals surface area contributed by atoms with E-state index in [4.69, 9.17) is 25.5 Å². The van der Waals surface area contributed by atoms with Crippen LogP contribution in [-0.2, 0) is 16.1 Å². The van der Waals surface area contributed by atoms with E-state index in [2.05, 4.69) is 36.9 Å². The number of benzene rings is 2. The van der Waals surface area contributed by atoms with Gasteiger partial charge < -0.3 is 13.9 Å². The molecular weight excluding hydrogens is 525 g/mol. The second-order valence-electron chi connectivity index (χ2n) is 6.04. The number of hydrogen-bond donors (Lipinski definition) is 0. The number of rotatable bonds is 5. The molecular formula is C21H12Br2ClNO4. The monoisotopic (exact) mass is 535 g/mol. The van der Waals surface area contributed by atoms with Crippen LogP contribution < -0.4 is 4.74 Å². The van der Waals surface area contributed by atoms with Gasteiger partial charge in [-0.05, 0) is 85.5 Å². The van der Waals surface area contributed by atoms with E-state index >= 15 is 0 Å². The summed E-state index contributed by atoms with van der Waals surface area (Å²) < 4.78 is 17.8. The third-order valence-electron chi connectivity index (χ3n) is 3.97. The van der Waals surface area contributed by atoms with Gasteiger partial charge in [0.05, 0.1) is 15.2 Å². The molecule has 5 nitrogen and oxygen atoms in total. The predicted octanol–water partition coefficient (Wildman–Crippen LogP) is 6.38. The van der Waals surface area contributed by atoms with Crippen LogP contribution in [0, 0.1) is 0 Å². The molecule has 0 saturated heterocycles. The number of carbonyl (C=O) groups is 1. The maximum atomic E-state index is 12.1. The van der Waals surface area contributed by atoms with Gasteiger partial charge in [-0.1, -0.05) is 23.7 Å². The van der Waals surface area contributed by atoms with E-state index in [0.29, 0.717) is 23.1 Å².